The average Bonchev–Trinajstić information content (AvgIpc) is 3.29. The highest BCUT2D eigenvalue weighted by Crippen LogP contribution is 2.68. The van der Waals surface area contributed by atoms with E-state index in [9.17, 15) is 4.79 Å². The predicted octanol–water partition coefficient (Wildman–Crippen LogP) is 9.84. The second-order valence-electron chi connectivity index (χ2n) is 17.3. The van der Waals surface area contributed by atoms with Gasteiger partial charge < -0.3 is 23.4 Å². The SMILES string of the molecule is COCOC(C)(C)C/C=C\[C@](C)(OC(=O)OC)[C@H]1CCC2C3CC=C4CC(O[Si](C)(C)C(C)(C)C)CC[C@]4(C)C3CC[C@@]21C. The summed E-state index contributed by atoms with van der Waals surface area (Å²) in [4.78, 5) is 12.6. The van der Waals surface area contributed by atoms with Crippen LogP contribution in [-0.4, -0.2) is 52.8 Å². The molecule has 252 valence electrons. The number of carbonyl (C=O) groups excluding carboxylic acids is 1. The van der Waals surface area contributed by atoms with Crippen molar-refractivity contribution < 1.29 is 28.2 Å². The van der Waals surface area contributed by atoms with Gasteiger partial charge in [0.25, 0.3) is 0 Å². The van der Waals surface area contributed by atoms with Crippen LogP contribution < -0.4 is 0 Å². The molecule has 0 spiro atoms. The molecule has 44 heavy (non-hydrogen) atoms. The van der Waals surface area contributed by atoms with Gasteiger partial charge in [0.05, 0.1) is 12.7 Å². The molecule has 3 saturated carbocycles. The third-order valence-electron chi connectivity index (χ3n) is 13.1. The quantitative estimate of drug-likeness (QED) is 0.103. The van der Waals surface area contributed by atoms with Gasteiger partial charge in [-0.15, -0.1) is 0 Å². The number of carbonyl (C=O) groups is 1. The van der Waals surface area contributed by atoms with Crippen LogP contribution in [0.4, 0.5) is 4.79 Å². The third kappa shape index (κ3) is 6.91. The van der Waals surface area contributed by atoms with E-state index in [0.29, 0.717) is 24.4 Å². The molecule has 0 aromatic heterocycles. The molecule has 6 nitrogen and oxygen atoms in total. The monoisotopic (exact) mass is 632 g/mol. The fourth-order valence-electron chi connectivity index (χ4n) is 9.56. The van der Waals surface area contributed by atoms with E-state index in [1.54, 1.807) is 12.7 Å². The van der Waals surface area contributed by atoms with E-state index in [-0.39, 0.29) is 34.2 Å². The van der Waals surface area contributed by atoms with Gasteiger partial charge in [-0.3, -0.25) is 0 Å². The van der Waals surface area contributed by atoms with Crippen molar-refractivity contribution in [2.24, 2.45) is 34.5 Å². The van der Waals surface area contributed by atoms with Crippen molar-refractivity contribution in [3.8, 4) is 0 Å². The lowest BCUT2D eigenvalue weighted by Gasteiger charge is -2.59. The van der Waals surface area contributed by atoms with Gasteiger partial charge in [-0.2, -0.15) is 0 Å². The van der Waals surface area contributed by atoms with Crippen molar-refractivity contribution >= 4 is 14.5 Å². The van der Waals surface area contributed by atoms with E-state index >= 15 is 0 Å². The molecule has 8 atom stereocenters. The Morgan fingerprint density at radius 2 is 1.70 bits per heavy atom. The molecule has 0 amide bonds. The molecule has 0 N–H and O–H groups in total. The molecule has 4 rings (SSSR count). The Morgan fingerprint density at radius 1 is 1.00 bits per heavy atom. The van der Waals surface area contributed by atoms with Crippen LogP contribution >= 0.6 is 0 Å². The molecular formula is C37H64O6Si. The Hall–Kier alpha value is -1.15. The Balaban J connectivity index is 1.54. The molecule has 4 aliphatic rings. The number of fused-ring (bicyclic) bond motifs is 5. The maximum atomic E-state index is 12.6. The normalized spacial score (nSPS) is 35.7. The molecule has 7 heteroatoms. The topological polar surface area (TPSA) is 63.2 Å². The minimum atomic E-state index is -1.79. The van der Waals surface area contributed by atoms with Crippen molar-refractivity contribution in [1.29, 1.82) is 0 Å². The van der Waals surface area contributed by atoms with Crippen molar-refractivity contribution in [3.05, 3.63) is 23.8 Å². The number of methoxy groups -OCH3 is 2. The summed E-state index contributed by atoms with van der Waals surface area (Å²) in [5.41, 5.74) is 0.914. The van der Waals surface area contributed by atoms with Crippen molar-refractivity contribution in [3.63, 3.8) is 0 Å². The second-order valence-corrected chi connectivity index (χ2v) is 22.1. The van der Waals surface area contributed by atoms with Crippen LogP contribution in [0.25, 0.3) is 0 Å². The summed E-state index contributed by atoms with van der Waals surface area (Å²) in [6.45, 7) is 23.4. The summed E-state index contributed by atoms with van der Waals surface area (Å²) < 4.78 is 29.1. The summed E-state index contributed by atoms with van der Waals surface area (Å²) in [7, 11) is 1.24. The fraction of sp³-hybridized carbons (Fsp3) is 0.865. The summed E-state index contributed by atoms with van der Waals surface area (Å²) in [5.74, 6) is 2.25. The zero-order chi connectivity index (χ0) is 32.8. The van der Waals surface area contributed by atoms with Crippen molar-refractivity contribution in [2.45, 2.75) is 149 Å². The molecule has 0 aliphatic heterocycles. The summed E-state index contributed by atoms with van der Waals surface area (Å²) >= 11 is 0. The van der Waals surface area contributed by atoms with Crippen LogP contribution in [0.1, 0.15) is 113 Å². The van der Waals surface area contributed by atoms with Gasteiger partial charge in [0, 0.05) is 19.1 Å². The molecular weight excluding hydrogens is 568 g/mol. The Kier molecular flexibility index (Phi) is 10.4. The lowest BCUT2D eigenvalue weighted by atomic mass is 9.46. The molecule has 0 heterocycles. The number of hydrogen-bond donors (Lipinski definition) is 0. The number of hydrogen-bond acceptors (Lipinski definition) is 6. The van der Waals surface area contributed by atoms with Crippen LogP contribution in [0.5, 0.6) is 0 Å². The minimum Gasteiger partial charge on any atom is -0.438 e. The van der Waals surface area contributed by atoms with Crippen LogP contribution in [0.15, 0.2) is 23.8 Å². The first kappa shape index (κ1) is 35.7. The summed E-state index contributed by atoms with van der Waals surface area (Å²) in [5, 5.41) is 0.238. The third-order valence-corrected chi connectivity index (χ3v) is 17.6. The van der Waals surface area contributed by atoms with Gasteiger partial charge in [-0.05, 0) is 131 Å². The Labute approximate surface area is 270 Å². The fourth-order valence-corrected chi connectivity index (χ4v) is 10.9. The molecule has 0 radical (unpaired) electrons. The van der Waals surface area contributed by atoms with E-state index < -0.39 is 20.1 Å². The first-order chi connectivity index (χ1) is 20.3. The Bertz CT molecular complexity index is 1090. The lowest BCUT2D eigenvalue weighted by molar-refractivity contribution is -0.112. The van der Waals surface area contributed by atoms with Crippen molar-refractivity contribution in [2.75, 3.05) is 21.0 Å². The largest absolute Gasteiger partial charge is 0.508 e. The van der Waals surface area contributed by atoms with E-state index in [1.165, 1.54) is 45.6 Å². The van der Waals surface area contributed by atoms with E-state index in [4.69, 9.17) is 23.4 Å². The molecule has 0 aromatic carbocycles. The predicted molar refractivity (Wildman–Crippen MR) is 180 cm³/mol. The van der Waals surface area contributed by atoms with Crippen LogP contribution in [-0.2, 0) is 23.4 Å². The highest BCUT2D eigenvalue weighted by Gasteiger charge is 2.62. The highest BCUT2D eigenvalue weighted by molar-refractivity contribution is 6.74. The zero-order valence-corrected chi connectivity index (χ0v) is 31.1. The van der Waals surface area contributed by atoms with Crippen LogP contribution in [0, 0.1) is 34.5 Å². The molecule has 4 aliphatic carbocycles. The van der Waals surface area contributed by atoms with Gasteiger partial charge in [0.2, 0.25) is 0 Å². The van der Waals surface area contributed by atoms with Gasteiger partial charge in [0.15, 0.2) is 8.32 Å². The van der Waals surface area contributed by atoms with E-state index in [2.05, 4.69) is 86.7 Å². The van der Waals surface area contributed by atoms with Gasteiger partial charge >= 0.3 is 6.16 Å². The number of ether oxygens (including phenoxy) is 4. The number of allylic oxidation sites excluding steroid dienone is 1. The molecule has 4 unspecified atom stereocenters. The summed E-state index contributed by atoms with van der Waals surface area (Å²) in [6.07, 6.45) is 16.7. The van der Waals surface area contributed by atoms with Gasteiger partial charge in [0.1, 0.15) is 12.4 Å². The van der Waals surface area contributed by atoms with Gasteiger partial charge in [-0.25, -0.2) is 4.79 Å². The second kappa shape index (κ2) is 12.8. The van der Waals surface area contributed by atoms with Crippen LogP contribution in [0.3, 0.4) is 0 Å². The van der Waals surface area contributed by atoms with Gasteiger partial charge in [-0.1, -0.05) is 52.3 Å². The maximum Gasteiger partial charge on any atom is 0.508 e. The molecule has 3 fully saturated rings. The van der Waals surface area contributed by atoms with E-state index in [0.717, 1.165) is 18.8 Å². The highest BCUT2D eigenvalue weighted by atomic mass is 28.4. The molecule has 0 bridgehead atoms. The molecule has 0 saturated heterocycles. The summed E-state index contributed by atoms with van der Waals surface area (Å²) in [6, 6.07) is 0. The Morgan fingerprint density at radius 3 is 2.34 bits per heavy atom. The van der Waals surface area contributed by atoms with Crippen LogP contribution in [0.2, 0.25) is 18.1 Å². The van der Waals surface area contributed by atoms with Crippen molar-refractivity contribution in [1.82, 2.24) is 0 Å². The average molecular weight is 633 g/mol. The number of rotatable bonds is 10. The lowest BCUT2D eigenvalue weighted by Crippen LogP contribution is -2.54. The standard InChI is InChI=1S/C37H64O6Si/c1-33(2,3)44(11,12)43-27-18-22-35(6)26(24-27)14-15-28-29-16-17-31(36(29,7)23-19-30(28)35)37(8,42-32(38)40-10)21-13-20-34(4,5)41-25-39-9/h13-14,21,27-31H,15-20,22-25H2,1-12H3/b21-13-/t27?,28?,29?,30?,31-,35-,36-,37-/m0/s1. The zero-order valence-electron chi connectivity index (χ0n) is 30.1. The minimum absolute atomic E-state index is 0.0979. The first-order valence-electron chi connectivity index (χ1n) is 17.3. The maximum absolute atomic E-state index is 12.6. The first-order valence-corrected chi connectivity index (χ1v) is 20.2. The van der Waals surface area contributed by atoms with E-state index in [1.807, 2.05) is 0 Å². The smallest absolute Gasteiger partial charge is 0.438 e. The molecule has 0 aromatic rings.